The van der Waals surface area contributed by atoms with Gasteiger partial charge in [-0.3, -0.25) is 9.36 Å². The van der Waals surface area contributed by atoms with Crippen molar-refractivity contribution in [1.82, 2.24) is 18.8 Å². The van der Waals surface area contributed by atoms with Gasteiger partial charge in [0.05, 0.1) is 18.9 Å². The summed E-state index contributed by atoms with van der Waals surface area (Å²) in [7, 11) is 0.0945. The van der Waals surface area contributed by atoms with Crippen LogP contribution in [0.15, 0.2) is 41.3 Å². The van der Waals surface area contributed by atoms with Crippen LogP contribution in [0.25, 0.3) is 22.2 Å². The number of aryl methyl sites for hydroxylation is 1. The van der Waals surface area contributed by atoms with E-state index in [1.54, 1.807) is 26.4 Å². The van der Waals surface area contributed by atoms with Gasteiger partial charge in [0.25, 0.3) is 5.56 Å². The number of anilines is 1. The van der Waals surface area contributed by atoms with Gasteiger partial charge >= 0.3 is 0 Å². The topological polar surface area (TPSA) is 106 Å². The predicted molar refractivity (Wildman–Crippen MR) is 120 cm³/mol. The number of pyridine rings is 1. The number of methoxy groups -OCH3 is 1. The first-order chi connectivity index (χ1) is 14.8. The van der Waals surface area contributed by atoms with Crippen LogP contribution in [0.4, 0.5) is 5.95 Å². The van der Waals surface area contributed by atoms with E-state index in [-0.39, 0.29) is 11.6 Å². The number of nitrogens with one attached hydrogen (secondary N) is 1. The summed E-state index contributed by atoms with van der Waals surface area (Å²) in [5.41, 5.74) is 1.58. The normalized spacial score (nSPS) is 15.8. The van der Waals surface area contributed by atoms with Crippen LogP contribution < -0.4 is 15.6 Å². The minimum atomic E-state index is -3.17. The molecule has 1 saturated heterocycles. The third-order valence-corrected chi connectivity index (χ3v) is 6.91. The second-order valence-electron chi connectivity index (χ2n) is 7.68. The molecule has 164 valence electrons. The molecule has 1 aliphatic heterocycles. The van der Waals surface area contributed by atoms with Crippen LogP contribution in [-0.4, -0.2) is 59.8 Å². The van der Waals surface area contributed by atoms with E-state index >= 15 is 0 Å². The average molecular weight is 444 g/mol. The first kappa shape index (κ1) is 21.3. The van der Waals surface area contributed by atoms with E-state index in [1.807, 2.05) is 24.3 Å². The van der Waals surface area contributed by atoms with Gasteiger partial charge < -0.3 is 10.1 Å². The smallest absolute Gasteiger partial charge is 0.259 e. The molecule has 0 aliphatic carbocycles. The van der Waals surface area contributed by atoms with Crippen LogP contribution in [0.1, 0.15) is 12.8 Å². The van der Waals surface area contributed by atoms with Gasteiger partial charge in [-0.25, -0.2) is 17.7 Å². The van der Waals surface area contributed by atoms with E-state index in [2.05, 4.69) is 15.3 Å². The number of rotatable bonds is 5. The minimum absolute atomic E-state index is 0.0698. The molecule has 1 N–H and O–H groups in total. The molecule has 0 atom stereocenters. The number of hydrogen-bond acceptors (Lipinski definition) is 7. The molecule has 0 unspecified atom stereocenters. The Balaban J connectivity index is 1.62. The van der Waals surface area contributed by atoms with Gasteiger partial charge in [0.15, 0.2) is 0 Å². The van der Waals surface area contributed by atoms with Crippen molar-refractivity contribution in [2.45, 2.75) is 18.9 Å². The minimum Gasteiger partial charge on any atom is -0.496 e. The summed E-state index contributed by atoms with van der Waals surface area (Å²) in [4.78, 5) is 22.0. The number of aromatic nitrogens is 3. The Bertz CT molecular complexity index is 1280. The van der Waals surface area contributed by atoms with E-state index in [1.165, 1.54) is 15.1 Å². The van der Waals surface area contributed by atoms with Crippen LogP contribution in [-0.2, 0) is 17.1 Å². The fourth-order valence-corrected chi connectivity index (χ4v) is 4.76. The summed E-state index contributed by atoms with van der Waals surface area (Å²) in [5, 5.41) is 4.01. The van der Waals surface area contributed by atoms with E-state index in [0.29, 0.717) is 54.4 Å². The highest BCUT2D eigenvalue weighted by atomic mass is 32.2. The summed E-state index contributed by atoms with van der Waals surface area (Å²) in [6.45, 7) is 0.926. The quantitative estimate of drug-likeness (QED) is 0.641. The molecule has 3 aromatic rings. The predicted octanol–water partition coefficient (Wildman–Crippen LogP) is 1.84. The van der Waals surface area contributed by atoms with Gasteiger partial charge in [0.2, 0.25) is 16.0 Å². The maximum atomic E-state index is 13.0. The number of para-hydroxylation sites is 1. The number of piperidine rings is 1. The number of hydrogen-bond donors (Lipinski definition) is 1. The van der Waals surface area contributed by atoms with Gasteiger partial charge in [0, 0.05) is 43.3 Å². The Morgan fingerprint density at radius 3 is 2.55 bits per heavy atom. The molecule has 31 heavy (non-hydrogen) atoms. The largest absolute Gasteiger partial charge is 0.496 e. The lowest BCUT2D eigenvalue weighted by molar-refractivity contribution is 0.331. The first-order valence-electron chi connectivity index (χ1n) is 10.00. The first-order valence-corrected chi connectivity index (χ1v) is 11.8. The van der Waals surface area contributed by atoms with E-state index in [0.717, 1.165) is 5.39 Å². The molecule has 1 fully saturated rings. The Labute approximate surface area is 180 Å². The van der Waals surface area contributed by atoms with Crippen molar-refractivity contribution >= 4 is 27.0 Å². The lowest BCUT2D eigenvalue weighted by Crippen LogP contribution is -2.42. The molecule has 0 spiro atoms. The van der Waals surface area contributed by atoms with Crippen LogP contribution in [0.5, 0.6) is 5.75 Å². The van der Waals surface area contributed by atoms with Crippen LogP contribution >= 0.6 is 0 Å². The highest BCUT2D eigenvalue weighted by molar-refractivity contribution is 7.88. The van der Waals surface area contributed by atoms with Crippen molar-refractivity contribution in [2.75, 3.05) is 31.8 Å². The van der Waals surface area contributed by atoms with Crippen molar-refractivity contribution < 1.29 is 13.2 Å². The van der Waals surface area contributed by atoms with Crippen molar-refractivity contribution in [3.8, 4) is 16.9 Å². The molecule has 1 aromatic carbocycles. The Morgan fingerprint density at radius 1 is 1.16 bits per heavy atom. The zero-order valence-corrected chi connectivity index (χ0v) is 18.5. The van der Waals surface area contributed by atoms with Gasteiger partial charge in [-0.15, -0.1) is 0 Å². The van der Waals surface area contributed by atoms with Crippen LogP contribution in [0.2, 0.25) is 0 Å². The second-order valence-corrected chi connectivity index (χ2v) is 9.66. The van der Waals surface area contributed by atoms with Gasteiger partial charge in [-0.2, -0.15) is 4.98 Å². The summed E-state index contributed by atoms with van der Waals surface area (Å²) < 4.78 is 31.8. The third-order valence-electron chi connectivity index (χ3n) is 5.60. The maximum Gasteiger partial charge on any atom is 0.259 e. The third kappa shape index (κ3) is 4.26. The molecule has 4 rings (SSSR count). The Hall–Kier alpha value is -2.98. The molecule has 0 bridgehead atoms. The maximum absolute atomic E-state index is 13.0. The molecular weight excluding hydrogens is 418 g/mol. The molecule has 10 heteroatoms. The van der Waals surface area contributed by atoms with Crippen molar-refractivity contribution in [1.29, 1.82) is 0 Å². The summed E-state index contributed by atoms with van der Waals surface area (Å²) in [6.07, 6.45) is 4.25. The molecule has 2 aromatic heterocycles. The lowest BCUT2D eigenvalue weighted by atomic mass is 10.1. The molecule has 0 radical (unpaired) electrons. The number of ether oxygens (including phenoxy) is 1. The highest BCUT2D eigenvalue weighted by Gasteiger charge is 2.25. The molecule has 9 nitrogen and oxygen atoms in total. The SMILES string of the molecule is COc1ccccc1-c1cc2cnc(NC3CCN(S(C)(=O)=O)CC3)nc2n(C)c1=O. The monoisotopic (exact) mass is 443 g/mol. The van der Waals surface area contributed by atoms with Crippen LogP contribution in [0.3, 0.4) is 0 Å². The molecule has 1 aliphatic rings. The lowest BCUT2D eigenvalue weighted by Gasteiger charge is -2.30. The van der Waals surface area contributed by atoms with Gasteiger partial charge in [-0.05, 0) is 25.0 Å². The highest BCUT2D eigenvalue weighted by Crippen LogP contribution is 2.29. The zero-order valence-electron chi connectivity index (χ0n) is 17.7. The average Bonchev–Trinajstić information content (AvgIpc) is 2.76. The molecular formula is C21H25N5O4S. The van der Waals surface area contributed by atoms with Crippen molar-refractivity contribution in [3.63, 3.8) is 0 Å². The second kappa shape index (κ2) is 8.27. The van der Waals surface area contributed by atoms with Gasteiger partial charge in [-0.1, -0.05) is 18.2 Å². The standard InChI is InChI=1S/C21H25N5O4S/c1-25-19-14(12-17(20(25)27)16-6-4-5-7-18(16)30-2)13-22-21(24-19)23-15-8-10-26(11-9-15)31(3,28)29/h4-7,12-13,15H,8-11H2,1-3H3,(H,22,23,24). The fraction of sp³-hybridized carbons (Fsp3) is 0.381. The van der Waals surface area contributed by atoms with Crippen LogP contribution in [0, 0.1) is 0 Å². The molecule has 0 amide bonds. The number of benzene rings is 1. The number of fused-ring (bicyclic) bond motifs is 1. The zero-order chi connectivity index (χ0) is 22.2. The van der Waals surface area contributed by atoms with Crippen molar-refractivity contribution in [2.24, 2.45) is 7.05 Å². The summed E-state index contributed by atoms with van der Waals surface area (Å²) in [6, 6.07) is 9.23. The summed E-state index contributed by atoms with van der Waals surface area (Å²) in [5.74, 6) is 1.05. The Kier molecular flexibility index (Phi) is 5.67. The van der Waals surface area contributed by atoms with E-state index in [4.69, 9.17) is 4.74 Å². The van der Waals surface area contributed by atoms with Crippen molar-refractivity contribution in [3.05, 3.63) is 46.9 Å². The van der Waals surface area contributed by atoms with E-state index in [9.17, 15) is 13.2 Å². The summed E-state index contributed by atoms with van der Waals surface area (Å²) >= 11 is 0. The number of nitrogens with zero attached hydrogens (tertiary/aromatic N) is 4. The van der Waals surface area contributed by atoms with Gasteiger partial charge in [0.1, 0.15) is 11.4 Å². The van der Waals surface area contributed by atoms with E-state index < -0.39 is 10.0 Å². The Morgan fingerprint density at radius 2 is 1.87 bits per heavy atom. The fourth-order valence-electron chi connectivity index (χ4n) is 3.89. The molecule has 0 saturated carbocycles. The number of sulfonamides is 1. The molecule has 3 heterocycles.